The van der Waals surface area contributed by atoms with E-state index in [0.29, 0.717) is 11.4 Å². The van der Waals surface area contributed by atoms with Crippen LogP contribution >= 0.6 is 0 Å². The van der Waals surface area contributed by atoms with Crippen LogP contribution in [0.1, 0.15) is 5.56 Å². The van der Waals surface area contributed by atoms with Crippen molar-refractivity contribution in [3.05, 3.63) is 64.4 Å². The lowest BCUT2D eigenvalue weighted by Gasteiger charge is -2.17. The number of hydrogen-bond donors (Lipinski definition) is 1. The van der Waals surface area contributed by atoms with E-state index in [2.05, 4.69) is 10.2 Å². The van der Waals surface area contributed by atoms with Gasteiger partial charge in [0.2, 0.25) is 5.09 Å². The van der Waals surface area contributed by atoms with Crippen molar-refractivity contribution in [2.24, 2.45) is 0 Å². The number of H-pyrrole nitrogens is 1. The van der Waals surface area contributed by atoms with Gasteiger partial charge < -0.3 is 4.42 Å². The lowest BCUT2D eigenvalue weighted by Crippen LogP contribution is -2.26. The van der Waals surface area contributed by atoms with Crippen molar-refractivity contribution >= 4 is 15.7 Å². The largest absolute Gasteiger partial charge is 0.441 e. The zero-order valence-electron chi connectivity index (χ0n) is 13.1. The zero-order valence-corrected chi connectivity index (χ0v) is 13.9. The number of benzene rings is 1. The molecular formula is C16H15N3O4S. The maximum absolute atomic E-state index is 12.7. The molecule has 0 aliphatic heterocycles. The van der Waals surface area contributed by atoms with Crippen LogP contribution in [0.5, 0.6) is 0 Å². The molecule has 7 nitrogen and oxygen atoms in total. The fraction of sp³-hybridized carbons (Fsp3) is 0.125. The van der Waals surface area contributed by atoms with Gasteiger partial charge in [0.25, 0.3) is 15.6 Å². The number of rotatable bonds is 4. The van der Waals surface area contributed by atoms with Gasteiger partial charge in [-0.1, -0.05) is 17.7 Å². The Morgan fingerprint density at radius 3 is 2.38 bits per heavy atom. The molecule has 0 amide bonds. The van der Waals surface area contributed by atoms with Crippen LogP contribution in [0.25, 0.3) is 11.5 Å². The minimum absolute atomic E-state index is 0.200. The van der Waals surface area contributed by atoms with E-state index < -0.39 is 10.0 Å². The highest BCUT2D eigenvalue weighted by atomic mass is 32.2. The van der Waals surface area contributed by atoms with E-state index in [0.717, 1.165) is 9.87 Å². The van der Waals surface area contributed by atoms with Crippen molar-refractivity contribution in [1.29, 1.82) is 0 Å². The van der Waals surface area contributed by atoms with Gasteiger partial charge >= 0.3 is 0 Å². The van der Waals surface area contributed by atoms with E-state index in [4.69, 9.17) is 4.42 Å². The van der Waals surface area contributed by atoms with Gasteiger partial charge in [-0.15, -0.1) is 0 Å². The fourth-order valence-electron chi connectivity index (χ4n) is 2.11. The number of aromatic nitrogens is 2. The predicted octanol–water partition coefficient (Wildman–Crippen LogP) is 2.16. The molecule has 24 heavy (non-hydrogen) atoms. The molecule has 2 heterocycles. The number of aryl methyl sites for hydroxylation is 1. The summed E-state index contributed by atoms with van der Waals surface area (Å²) >= 11 is 0. The summed E-state index contributed by atoms with van der Waals surface area (Å²) in [7, 11) is -2.37. The Kier molecular flexibility index (Phi) is 3.98. The van der Waals surface area contributed by atoms with Crippen LogP contribution < -0.4 is 9.86 Å². The molecule has 0 aliphatic carbocycles. The Bertz CT molecular complexity index is 999. The number of furan rings is 1. The van der Waals surface area contributed by atoms with Crippen LogP contribution in [-0.2, 0) is 10.0 Å². The molecule has 0 atom stereocenters. The lowest BCUT2D eigenvalue weighted by atomic mass is 10.2. The van der Waals surface area contributed by atoms with Gasteiger partial charge in [-0.25, -0.2) is 5.10 Å². The third-order valence-electron chi connectivity index (χ3n) is 3.53. The molecule has 0 radical (unpaired) electrons. The average Bonchev–Trinajstić information content (AvgIpc) is 3.06. The first kappa shape index (κ1) is 16.0. The zero-order chi connectivity index (χ0) is 17.3. The van der Waals surface area contributed by atoms with Gasteiger partial charge in [-0.3, -0.25) is 9.10 Å². The first-order chi connectivity index (χ1) is 11.4. The van der Waals surface area contributed by atoms with Crippen molar-refractivity contribution in [2.75, 3.05) is 11.4 Å². The number of aromatic amines is 1. The minimum Gasteiger partial charge on any atom is -0.441 e. The van der Waals surface area contributed by atoms with Crippen LogP contribution in [0.2, 0.25) is 0 Å². The van der Waals surface area contributed by atoms with Crippen LogP contribution in [0.3, 0.4) is 0 Å². The van der Waals surface area contributed by atoms with E-state index in [1.165, 1.54) is 31.3 Å². The Hall–Kier alpha value is -2.87. The summed E-state index contributed by atoms with van der Waals surface area (Å²) in [4.78, 5) is 11.0. The quantitative estimate of drug-likeness (QED) is 0.782. The number of sulfonamides is 1. The Morgan fingerprint density at radius 1 is 1.04 bits per heavy atom. The summed E-state index contributed by atoms with van der Waals surface area (Å²) in [5, 5.41) is 5.89. The van der Waals surface area contributed by atoms with Crippen LogP contribution in [-0.4, -0.2) is 25.7 Å². The number of hydrogen-bond acceptors (Lipinski definition) is 5. The van der Waals surface area contributed by atoms with Crippen LogP contribution in [0, 0.1) is 6.92 Å². The summed E-state index contributed by atoms with van der Waals surface area (Å²) in [5.74, 6) is 0.252. The molecule has 1 N–H and O–H groups in total. The van der Waals surface area contributed by atoms with E-state index in [-0.39, 0.29) is 16.4 Å². The molecule has 8 heteroatoms. The normalized spacial score (nSPS) is 11.4. The Balaban J connectivity index is 1.94. The highest BCUT2D eigenvalue weighted by molar-refractivity contribution is 7.92. The van der Waals surface area contributed by atoms with Crippen molar-refractivity contribution < 1.29 is 12.8 Å². The van der Waals surface area contributed by atoms with Gasteiger partial charge in [-0.05, 0) is 37.3 Å². The highest BCUT2D eigenvalue weighted by Gasteiger charge is 2.25. The third kappa shape index (κ3) is 2.95. The number of nitrogens with one attached hydrogen (secondary N) is 1. The highest BCUT2D eigenvalue weighted by Crippen LogP contribution is 2.27. The summed E-state index contributed by atoms with van der Waals surface area (Å²) < 4.78 is 31.9. The fourth-order valence-corrected chi connectivity index (χ4v) is 3.21. The smallest absolute Gasteiger partial charge is 0.297 e. The van der Waals surface area contributed by atoms with E-state index in [9.17, 15) is 13.2 Å². The Morgan fingerprint density at radius 2 is 1.75 bits per heavy atom. The average molecular weight is 345 g/mol. The lowest BCUT2D eigenvalue weighted by molar-refractivity contribution is 0.459. The third-order valence-corrected chi connectivity index (χ3v) is 5.19. The monoisotopic (exact) mass is 345 g/mol. The molecule has 0 spiro atoms. The molecule has 1 aromatic carbocycles. The van der Waals surface area contributed by atoms with E-state index in [1.54, 1.807) is 12.1 Å². The second-order valence-corrected chi connectivity index (χ2v) is 7.13. The van der Waals surface area contributed by atoms with E-state index in [1.807, 2.05) is 19.1 Å². The summed E-state index contributed by atoms with van der Waals surface area (Å²) in [6.45, 7) is 1.92. The van der Waals surface area contributed by atoms with Gasteiger partial charge in [0.1, 0.15) is 5.69 Å². The molecule has 0 saturated carbocycles. The summed E-state index contributed by atoms with van der Waals surface area (Å²) in [6.07, 6.45) is 0. The topological polar surface area (TPSA) is 96.3 Å². The maximum Gasteiger partial charge on any atom is 0.297 e. The molecule has 0 fully saturated rings. The molecule has 0 bridgehead atoms. The maximum atomic E-state index is 12.7. The first-order valence-electron chi connectivity index (χ1n) is 7.09. The Labute approximate surface area is 138 Å². The van der Waals surface area contributed by atoms with Crippen molar-refractivity contribution in [3.8, 4) is 11.5 Å². The molecule has 124 valence electrons. The predicted molar refractivity (Wildman–Crippen MR) is 89.3 cm³/mol. The second kappa shape index (κ2) is 5.97. The molecule has 0 unspecified atom stereocenters. The second-order valence-electron chi connectivity index (χ2n) is 5.23. The number of nitrogens with zero attached hydrogens (tertiary/aromatic N) is 2. The molecule has 2 aromatic heterocycles. The van der Waals surface area contributed by atoms with Crippen molar-refractivity contribution in [2.45, 2.75) is 12.0 Å². The van der Waals surface area contributed by atoms with Crippen molar-refractivity contribution in [3.63, 3.8) is 0 Å². The molecule has 0 saturated heterocycles. The van der Waals surface area contributed by atoms with E-state index >= 15 is 0 Å². The van der Waals surface area contributed by atoms with Gasteiger partial charge in [0.05, 0.1) is 5.69 Å². The standard InChI is InChI=1S/C16H15N3O4S/c1-11-3-5-12(6-4-11)19(2)24(21,22)16-10-8-14(23-16)13-7-9-15(20)18-17-13/h3-10H,1-2H3,(H,18,20). The van der Waals surface area contributed by atoms with Gasteiger partial charge in [0.15, 0.2) is 5.76 Å². The minimum atomic E-state index is -3.83. The summed E-state index contributed by atoms with van der Waals surface area (Å²) in [5.41, 5.74) is 1.56. The molecular weight excluding hydrogens is 330 g/mol. The molecule has 3 rings (SSSR count). The van der Waals surface area contributed by atoms with Crippen LogP contribution in [0.15, 0.2) is 62.8 Å². The van der Waals surface area contributed by atoms with Crippen molar-refractivity contribution in [1.82, 2.24) is 10.2 Å². The molecule has 3 aromatic rings. The number of anilines is 1. The molecule has 0 aliphatic rings. The van der Waals surface area contributed by atoms with Gasteiger partial charge in [-0.2, -0.15) is 13.5 Å². The summed E-state index contributed by atoms with van der Waals surface area (Å²) in [6, 6.07) is 12.7. The van der Waals surface area contributed by atoms with Crippen LogP contribution in [0.4, 0.5) is 5.69 Å². The first-order valence-corrected chi connectivity index (χ1v) is 8.53. The van der Waals surface area contributed by atoms with Gasteiger partial charge in [0, 0.05) is 13.1 Å². The SMILES string of the molecule is Cc1ccc(N(C)S(=O)(=O)c2ccc(-c3ccc(=O)[nH]n3)o2)cc1.